The van der Waals surface area contributed by atoms with Crippen LogP contribution in [0, 0.1) is 17.2 Å². The van der Waals surface area contributed by atoms with Crippen molar-refractivity contribution in [2.75, 3.05) is 0 Å². The van der Waals surface area contributed by atoms with Crippen LogP contribution in [0.25, 0.3) is 11.3 Å². The van der Waals surface area contributed by atoms with E-state index in [-0.39, 0.29) is 17.2 Å². The van der Waals surface area contributed by atoms with Gasteiger partial charge in [-0.05, 0) is 77.6 Å². The molecule has 1 aliphatic heterocycles. The van der Waals surface area contributed by atoms with Crippen LogP contribution in [-0.2, 0) is 0 Å². The molecule has 1 saturated heterocycles. The van der Waals surface area contributed by atoms with Gasteiger partial charge >= 0.3 is 0 Å². The Bertz CT molecular complexity index is 1220. The highest BCUT2D eigenvalue weighted by Gasteiger charge is 2.40. The molecule has 0 saturated carbocycles. The third kappa shape index (κ3) is 5.93. The fourth-order valence-corrected chi connectivity index (χ4v) is 5.40. The average molecular weight is 491 g/mol. The lowest BCUT2D eigenvalue weighted by Gasteiger charge is -2.48. The molecule has 1 fully saturated rings. The van der Waals surface area contributed by atoms with E-state index in [9.17, 15) is 5.26 Å². The molecule has 7 heteroatoms. The highest BCUT2D eigenvalue weighted by molar-refractivity contribution is 6.32. The summed E-state index contributed by atoms with van der Waals surface area (Å²) in [5.74, 6) is 1.97. The lowest BCUT2D eigenvalue weighted by molar-refractivity contribution is 0.0504. The molecule has 0 spiro atoms. The summed E-state index contributed by atoms with van der Waals surface area (Å²) in [5.41, 5.74) is 1.81. The van der Waals surface area contributed by atoms with Crippen molar-refractivity contribution in [1.82, 2.24) is 15.3 Å². The fourth-order valence-electron chi connectivity index (χ4n) is 5.20. The summed E-state index contributed by atoms with van der Waals surface area (Å²) in [6.45, 7) is 11.1. The Balaban J connectivity index is 1.51. The van der Waals surface area contributed by atoms with Gasteiger partial charge in [-0.25, -0.2) is 9.97 Å². The van der Waals surface area contributed by atoms with E-state index >= 15 is 0 Å². The Morgan fingerprint density at radius 2 is 1.83 bits per heavy atom. The van der Waals surface area contributed by atoms with E-state index < -0.39 is 0 Å². The van der Waals surface area contributed by atoms with E-state index in [2.05, 4.69) is 56.0 Å². The van der Waals surface area contributed by atoms with Gasteiger partial charge in [-0.15, -0.1) is 0 Å². The monoisotopic (exact) mass is 490 g/mol. The van der Waals surface area contributed by atoms with E-state index in [1.807, 2.05) is 18.2 Å². The molecule has 0 amide bonds. The molecule has 0 radical (unpaired) electrons. The Morgan fingerprint density at radius 3 is 2.46 bits per heavy atom. The number of nitriles is 1. The molecule has 1 atom stereocenters. The Hall–Kier alpha value is -3.14. The van der Waals surface area contributed by atoms with Crippen LogP contribution in [0.4, 0.5) is 0 Å². The van der Waals surface area contributed by atoms with Gasteiger partial charge in [0, 0.05) is 28.9 Å². The number of halogens is 1. The molecule has 4 rings (SSSR count). The SMILES string of the molecule is CC(Oc1ccc(Oc2cccc(-c3ccncn3)c2C#N)c(Cl)c1)C1CC(C)(C)NC(C)(C)C1. The molecule has 1 unspecified atom stereocenters. The number of benzene rings is 2. The molecule has 1 aliphatic rings. The van der Waals surface area contributed by atoms with Crippen molar-refractivity contribution in [3.05, 3.63) is 65.6 Å². The molecule has 0 bridgehead atoms. The van der Waals surface area contributed by atoms with Gasteiger partial charge in [0.1, 0.15) is 35.2 Å². The summed E-state index contributed by atoms with van der Waals surface area (Å²) < 4.78 is 12.4. The van der Waals surface area contributed by atoms with Crippen molar-refractivity contribution >= 4 is 11.6 Å². The van der Waals surface area contributed by atoms with Crippen LogP contribution in [0.2, 0.25) is 5.02 Å². The lowest BCUT2D eigenvalue weighted by Crippen LogP contribution is -2.59. The molecular weight excluding hydrogens is 460 g/mol. The number of nitrogens with one attached hydrogen (secondary N) is 1. The normalized spacial score (nSPS) is 17.9. The minimum Gasteiger partial charge on any atom is -0.490 e. The molecule has 3 aromatic rings. The second kappa shape index (κ2) is 9.85. The van der Waals surface area contributed by atoms with Gasteiger partial charge < -0.3 is 14.8 Å². The number of ether oxygens (including phenoxy) is 2. The largest absolute Gasteiger partial charge is 0.490 e. The Kier molecular flexibility index (Phi) is 7.02. The molecule has 1 aromatic heterocycles. The van der Waals surface area contributed by atoms with Crippen LogP contribution in [0.1, 0.15) is 53.0 Å². The minimum atomic E-state index is 0.0354. The summed E-state index contributed by atoms with van der Waals surface area (Å²) in [6, 6.07) is 14.8. The molecule has 0 aliphatic carbocycles. The number of aromatic nitrogens is 2. The van der Waals surface area contributed by atoms with E-state index in [1.165, 1.54) is 6.33 Å². The highest BCUT2D eigenvalue weighted by atomic mass is 35.5. The van der Waals surface area contributed by atoms with Crippen molar-refractivity contribution in [2.24, 2.45) is 5.92 Å². The Labute approximate surface area is 212 Å². The molecule has 6 nitrogen and oxygen atoms in total. The van der Waals surface area contributed by atoms with Gasteiger partial charge in [0.05, 0.1) is 16.8 Å². The predicted molar refractivity (Wildman–Crippen MR) is 138 cm³/mol. The number of hydrogen-bond acceptors (Lipinski definition) is 6. The lowest BCUT2D eigenvalue weighted by atomic mass is 9.74. The van der Waals surface area contributed by atoms with Crippen molar-refractivity contribution < 1.29 is 9.47 Å². The maximum absolute atomic E-state index is 9.82. The maximum atomic E-state index is 9.82. The number of hydrogen-bond donors (Lipinski definition) is 1. The summed E-state index contributed by atoms with van der Waals surface area (Å²) in [5, 5.41) is 14.0. The fraction of sp³-hybridized carbons (Fsp3) is 0.393. The smallest absolute Gasteiger partial charge is 0.146 e. The van der Waals surface area contributed by atoms with Gasteiger partial charge in [0.2, 0.25) is 0 Å². The summed E-state index contributed by atoms with van der Waals surface area (Å²) in [4.78, 5) is 8.20. The standard InChI is InChI=1S/C28H31ClN4O2/c1-18(19-14-27(2,3)33-28(4,5)15-19)34-20-9-10-26(23(29)13-20)35-25-8-6-7-21(22(25)16-30)24-11-12-31-17-32-24/h6-13,17-19,33H,14-15H2,1-5H3. The third-order valence-corrected chi connectivity index (χ3v) is 6.62. The van der Waals surface area contributed by atoms with Crippen LogP contribution in [0.5, 0.6) is 17.2 Å². The van der Waals surface area contributed by atoms with Gasteiger partial charge in [0.25, 0.3) is 0 Å². The van der Waals surface area contributed by atoms with Crippen molar-refractivity contribution in [1.29, 1.82) is 5.26 Å². The van der Waals surface area contributed by atoms with Gasteiger partial charge in [0.15, 0.2) is 0 Å². The average Bonchev–Trinajstić information content (AvgIpc) is 2.79. The molecule has 2 aromatic carbocycles. The number of nitrogens with zero attached hydrogens (tertiary/aromatic N) is 3. The van der Waals surface area contributed by atoms with E-state index in [0.29, 0.717) is 45.0 Å². The first-order valence-electron chi connectivity index (χ1n) is 11.8. The van der Waals surface area contributed by atoms with Gasteiger partial charge in [-0.1, -0.05) is 23.7 Å². The van der Waals surface area contributed by atoms with Gasteiger partial charge in [-0.2, -0.15) is 5.26 Å². The van der Waals surface area contributed by atoms with Crippen LogP contribution in [0.15, 0.2) is 55.0 Å². The van der Waals surface area contributed by atoms with Crippen LogP contribution in [-0.4, -0.2) is 27.1 Å². The first kappa shape index (κ1) is 25.0. The molecule has 1 N–H and O–H groups in total. The first-order chi connectivity index (χ1) is 16.6. The third-order valence-electron chi connectivity index (χ3n) is 6.33. The van der Waals surface area contributed by atoms with E-state index in [4.69, 9.17) is 21.1 Å². The number of piperidine rings is 1. The van der Waals surface area contributed by atoms with Crippen LogP contribution in [0.3, 0.4) is 0 Å². The summed E-state index contributed by atoms with van der Waals surface area (Å²) in [6.07, 6.45) is 5.19. The zero-order chi connectivity index (χ0) is 25.2. The highest BCUT2D eigenvalue weighted by Crippen LogP contribution is 2.39. The molecular formula is C28H31ClN4O2. The second-order valence-corrected chi connectivity index (χ2v) is 10.9. The molecule has 2 heterocycles. The van der Waals surface area contributed by atoms with E-state index in [1.54, 1.807) is 30.5 Å². The first-order valence-corrected chi connectivity index (χ1v) is 12.2. The number of rotatable bonds is 6. The second-order valence-electron chi connectivity index (χ2n) is 10.5. The summed E-state index contributed by atoms with van der Waals surface area (Å²) >= 11 is 6.57. The zero-order valence-electron chi connectivity index (χ0n) is 20.8. The summed E-state index contributed by atoms with van der Waals surface area (Å²) in [7, 11) is 0. The van der Waals surface area contributed by atoms with Crippen molar-refractivity contribution in [3.8, 4) is 34.6 Å². The minimum absolute atomic E-state index is 0.0354. The zero-order valence-corrected chi connectivity index (χ0v) is 21.6. The predicted octanol–water partition coefficient (Wildman–Crippen LogP) is 6.79. The molecule has 35 heavy (non-hydrogen) atoms. The van der Waals surface area contributed by atoms with E-state index in [0.717, 1.165) is 12.8 Å². The Morgan fingerprint density at radius 1 is 1.09 bits per heavy atom. The van der Waals surface area contributed by atoms with Crippen LogP contribution >= 0.6 is 11.6 Å². The topological polar surface area (TPSA) is 80.1 Å². The van der Waals surface area contributed by atoms with Crippen molar-refractivity contribution in [3.63, 3.8) is 0 Å². The van der Waals surface area contributed by atoms with Gasteiger partial charge in [-0.3, -0.25) is 0 Å². The molecule has 182 valence electrons. The van der Waals surface area contributed by atoms with Crippen molar-refractivity contribution in [2.45, 2.75) is 64.6 Å². The van der Waals surface area contributed by atoms with Crippen LogP contribution < -0.4 is 14.8 Å². The quantitative estimate of drug-likeness (QED) is 0.410. The maximum Gasteiger partial charge on any atom is 0.146 e.